The van der Waals surface area contributed by atoms with E-state index in [9.17, 15) is 39.9 Å². The smallest absolute Gasteiger partial charge is 0.305 e. The Morgan fingerprint density at radius 1 is 0.839 bits per heavy atom. The second kappa shape index (κ2) is 8.24. The van der Waals surface area contributed by atoms with Crippen LogP contribution in [0, 0.1) is 46.5 Å². The van der Waals surface area contributed by atoms with Crippen molar-refractivity contribution < 1.29 is 45.0 Å². The monoisotopic (exact) mass is 451 g/mol. The van der Waals surface area contributed by atoms with Crippen LogP contribution in [0.3, 0.4) is 0 Å². The van der Waals surface area contributed by atoms with Crippen molar-refractivity contribution in [3.63, 3.8) is 0 Å². The first-order chi connectivity index (χ1) is 14.6. The van der Waals surface area contributed by atoms with Crippen molar-refractivity contribution in [3.05, 3.63) is 65.3 Å². The highest BCUT2D eigenvalue weighted by molar-refractivity contribution is 5.72. The van der Waals surface area contributed by atoms with Crippen LogP contribution in [0.2, 0.25) is 0 Å². The number of hydrogen-bond donors (Lipinski definition) is 2. The van der Waals surface area contributed by atoms with Crippen molar-refractivity contribution >= 4 is 11.7 Å². The minimum absolute atomic E-state index is 0.532. The summed E-state index contributed by atoms with van der Waals surface area (Å²) in [6, 6.07) is 0. The minimum Gasteiger partial charge on any atom is -0.481 e. The van der Waals surface area contributed by atoms with Crippen LogP contribution in [-0.4, -0.2) is 27.2 Å². The van der Waals surface area contributed by atoms with Crippen molar-refractivity contribution in [1.82, 2.24) is 9.55 Å². The first kappa shape index (κ1) is 22.1. The zero-order chi connectivity index (χ0) is 23.0. The Balaban J connectivity index is 2.23. The van der Waals surface area contributed by atoms with E-state index >= 15 is 0 Å². The van der Waals surface area contributed by atoms with Crippen LogP contribution in [0.4, 0.5) is 40.8 Å². The molecule has 164 valence electrons. The van der Waals surface area contributed by atoms with Crippen LogP contribution in [0.15, 0.2) is 18.7 Å². The molecule has 0 aliphatic rings. The largest absolute Gasteiger partial charge is 0.481 e. The molecule has 1 heterocycles. The average Bonchev–Trinajstić information content (AvgIpc) is 3.24. The number of nitrogens with one attached hydrogen (secondary N) is 1. The summed E-state index contributed by atoms with van der Waals surface area (Å²) in [6.07, 6.45) is 2.01. The van der Waals surface area contributed by atoms with Gasteiger partial charge in [-0.1, -0.05) is 0 Å². The predicted octanol–water partition coefficient (Wildman–Crippen LogP) is 4.54. The maximum atomic E-state index is 14.5. The third kappa shape index (κ3) is 3.66. The van der Waals surface area contributed by atoms with E-state index < -0.39 is 88.0 Å². The molecule has 3 aromatic rings. The molecule has 0 amide bonds. The van der Waals surface area contributed by atoms with Crippen molar-refractivity contribution in [2.45, 2.75) is 6.42 Å². The summed E-state index contributed by atoms with van der Waals surface area (Å²) >= 11 is 0. The SMILES string of the molecule is O=C(O)CCNc1c(F)c(F)c(-c2c(F)c(F)c(-n3ccnc3)c(F)c2F)c(F)c1F. The lowest BCUT2D eigenvalue weighted by Gasteiger charge is -2.16. The van der Waals surface area contributed by atoms with Crippen LogP contribution in [-0.2, 0) is 4.79 Å². The van der Waals surface area contributed by atoms with Crippen molar-refractivity contribution in [1.29, 1.82) is 0 Å². The van der Waals surface area contributed by atoms with E-state index in [1.165, 1.54) is 0 Å². The lowest BCUT2D eigenvalue weighted by molar-refractivity contribution is -0.136. The molecule has 3 rings (SSSR count). The minimum atomic E-state index is -2.36. The van der Waals surface area contributed by atoms with Gasteiger partial charge < -0.3 is 15.0 Å². The van der Waals surface area contributed by atoms with Crippen LogP contribution in [0.1, 0.15) is 6.42 Å². The highest BCUT2D eigenvalue weighted by Gasteiger charge is 2.34. The first-order valence-electron chi connectivity index (χ1n) is 8.24. The molecular weight excluding hydrogens is 442 g/mol. The van der Waals surface area contributed by atoms with Crippen molar-refractivity contribution in [2.75, 3.05) is 11.9 Å². The fraction of sp³-hybridized carbons (Fsp3) is 0.111. The van der Waals surface area contributed by atoms with Gasteiger partial charge in [-0.25, -0.2) is 40.1 Å². The maximum absolute atomic E-state index is 14.5. The number of halogens is 8. The van der Waals surface area contributed by atoms with Crippen LogP contribution >= 0.6 is 0 Å². The topological polar surface area (TPSA) is 67.2 Å². The third-order valence-corrected chi connectivity index (χ3v) is 4.16. The highest BCUT2D eigenvalue weighted by Crippen LogP contribution is 2.40. The molecule has 0 bridgehead atoms. The summed E-state index contributed by atoms with van der Waals surface area (Å²) in [5.41, 5.74) is -6.81. The van der Waals surface area contributed by atoms with E-state index in [0.717, 1.165) is 18.7 Å². The summed E-state index contributed by atoms with van der Waals surface area (Å²) in [6.45, 7) is -0.660. The fourth-order valence-corrected chi connectivity index (χ4v) is 2.76. The van der Waals surface area contributed by atoms with Gasteiger partial charge in [-0.3, -0.25) is 4.79 Å². The lowest BCUT2D eigenvalue weighted by atomic mass is 10.00. The number of carboxylic acids is 1. The Morgan fingerprint density at radius 3 is 1.74 bits per heavy atom. The second-order valence-electron chi connectivity index (χ2n) is 6.03. The Bertz CT molecular complexity index is 1120. The average molecular weight is 451 g/mol. The van der Waals surface area contributed by atoms with Gasteiger partial charge >= 0.3 is 5.97 Å². The third-order valence-electron chi connectivity index (χ3n) is 4.16. The molecule has 0 spiro atoms. The summed E-state index contributed by atoms with van der Waals surface area (Å²) in [5, 5.41) is 10.3. The number of aromatic nitrogens is 2. The van der Waals surface area contributed by atoms with Gasteiger partial charge in [0.25, 0.3) is 0 Å². The standard InChI is InChI=1S/C18H9F8N3O2/c19-9-7(10(20)14(24)17(13(9)23)28-2-1-6(30)31)8-11(21)15(25)18(16(26)12(8)22)29-4-3-27-5-29/h3-5,28H,1-2H2,(H,30,31). The van der Waals surface area contributed by atoms with Gasteiger partial charge in [0, 0.05) is 18.9 Å². The van der Waals surface area contributed by atoms with Gasteiger partial charge in [0.15, 0.2) is 46.5 Å². The van der Waals surface area contributed by atoms with E-state index in [2.05, 4.69) is 4.98 Å². The predicted molar refractivity (Wildman–Crippen MR) is 89.4 cm³/mol. The molecule has 5 nitrogen and oxygen atoms in total. The fourth-order valence-electron chi connectivity index (χ4n) is 2.76. The maximum Gasteiger partial charge on any atom is 0.305 e. The van der Waals surface area contributed by atoms with Gasteiger partial charge in [0.05, 0.1) is 23.9 Å². The van der Waals surface area contributed by atoms with E-state index in [4.69, 9.17) is 5.11 Å². The van der Waals surface area contributed by atoms with Gasteiger partial charge in [-0.05, 0) is 0 Å². The summed E-state index contributed by atoms with van der Waals surface area (Å²) in [7, 11) is 0. The van der Waals surface area contributed by atoms with E-state index in [1.54, 1.807) is 5.32 Å². The quantitative estimate of drug-likeness (QED) is 0.427. The molecule has 31 heavy (non-hydrogen) atoms. The Labute approximate surface area is 167 Å². The molecule has 0 fully saturated rings. The van der Waals surface area contributed by atoms with Gasteiger partial charge in [-0.2, -0.15) is 0 Å². The molecule has 0 unspecified atom stereocenters. The summed E-state index contributed by atoms with van der Waals surface area (Å²) in [4.78, 5) is 13.9. The molecule has 2 aromatic carbocycles. The molecular formula is C18H9F8N3O2. The Kier molecular flexibility index (Phi) is 5.86. The van der Waals surface area contributed by atoms with E-state index in [0.29, 0.717) is 4.57 Å². The highest BCUT2D eigenvalue weighted by atomic mass is 19.2. The number of carboxylic acid groups (broad SMARTS) is 1. The normalized spacial score (nSPS) is 11.1. The molecule has 0 atom stereocenters. The zero-order valence-electron chi connectivity index (χ0n) is 14.9. The van der Waals surface area contributed by atoms with Gasteiger partial charge in [-0.15, -0.1) is 0 Å². The Morgan fingerprint density at radius 2 is 1.32 bits per heavy atom. The number of imidazole rings is 1. The zero-order valence-corrected chi connectivity index (χ0v) is 14.9. The number of nitrogens with zero attached hydrogens (tertiary/aromatic N) is 2. The van der Waals surface area contributed by atoms with Crippen LogP contribution < -0.4 is 5.32 Å². The molecule has 13 heteroatoms. The number of anilines is 1. The van der Waals surface area contributed by atoms with Crippen LogP contribution in [0.5, 0.6) is 0 Å². The van der Waals surface area contributed by atoms with E-state index in [-0.39, 0.29) is 0 Å². The number of hydrogen-bond acceptors (Lipinski definition) is 3. The molecule has 1 aromatic heterocycles. The molecule has 2 N–H and O–H groups in total. The van der Waals surface area contributed by atoms with E-state index in [1.807, 2.05) is 0 Å². The number of benzene rings is 2. The molecule has 0 saturated heterocycles. The Hall–Kier alpha value is -3.64. The summed E-state index contributed by atoms with van der Waals surface area (Å²) < 4.78 is 116. The lowest BCUT2D eigenvalue weighted by Crippen LogP contribution is -2.14. The number of aliphatic carboxylic acids is 1. The molecule has 0 saturated carbocycles. The first-order valence-corrected chi connectivity index (χ1v) is 8.24. The molecule has 0 radical (unpaired) electrons. The molecule has 0 aliphatic carbocycles. The molecule has 0 aliphatic heterocycles. The summed E-state index contributed by atoms with van der Waals surface area (Å²) in [5.74, 6) is -19.3. The van der Waals surface area contributed by atoms with Crippen molar-refractivity contribution in [2.24, 2.45) is 0 Å². The number of rotatable bonds is 6. The van der Waals surface area contributed by atoms with Crippen LogP contribution in [0.25, 0.3) is 16.8 Å². The van der Waals surface area contributed by atoms with Gasteiger partial charge in [0.1, 0.15) is 11.4 Å². The second-order valence-corrected chi connectivity index (χ2v) is 6.03. The van der Waals surface area contributed by atoms with Gasteiger partial charge in [0.2, 0.25) is 0 Å². The van der Waals surface area contributed by atoms with Crippen molar-refractivity contribution in [3.8, 4) is 16.8 Å². The number of carbonyl (C=O) groups is 1.